The summed E-state index contributed by atoms with van der Waals surface area (Å²) < 4.78 is 2.26. The zero-order valence-corrected chi connectivity index (χ0v) is 35.8. The largest absolute Gasteiger partial charge is 0.493 e. The van der Waals surface area contributed by atoms with Crippen LogP contribution in [-0.2, 0) is 31.9 Å². The number of nitrogens with zero attached hydrogens (tertiary/aromatic N) is 5. The number of aryl methyl sites for hydroxylation is 1. The average Bonchev–Trinajstić information content (AvgIpc) is 3.74. The molecule has 1 aliphatic rings. The van der Waals surface area contributed by atoms with Crippen LogP contribution in [0.5, 0.6) is 0 Å². The van der Waals surface area contributed by atoms with Gasteiger partial charge in [-0.2, -0.15) is 12.1 Å². The zero-order valence-electron chi connectivity index (χ0n) is 33.5. The van der Waals surface area contributed by atoms with Gasteiger partial charge in [-0.1, -0.05) is 113 Å². The molecule has 9 rings (SSSR count). The second kappa shape index (κ2) is 14.7. The Kier molecular flexibility index (Phi) is 9.86. The molecule has 0 saturated heterocycles. The molecule has 288 valence electrons. The van der Waals surface area contributed by atoms with Crippen LogP contribution >= 0.6 is 0 Å². The van der Waals surface area contributed by atoms with Gasteiger partial charge in [0.1, 0.15) is 5.82 Å². The van der Waals surface area contributed by atoms with Gasteiger partial charge in [-0.3, -0.25) is 0 Å². The van der Waals surface area contributed by atoms with Crippen molar-refractivity contribution in [3.63, 3.8) is 0 Å². The zero-order chi connectivity index (χ0) is 38.8. The van der Waals surface area contributed by atoms with Crippen molar-refractivity contribution < 1.29 is 21.1 Å². The molecule has 8 aromatic rings. The Balaban J connectivity index is 0.00000455. The van der Waals surface area contributed by atoms with E-state index in [1.165, 1.54) is 22.1 Å². The molecule has 57 heavy (non-hydrogen) atoms. The molecule has 0 radical (unpaired) electrons. The summed E-state index contributed by atoms with van der Waals surface area (Å²) in [6, 6.07) is 57.4. The van der Waals surface area contributed by atoms with E-state index >= 15 is 0 Å². The van der Waals surface area contributed by atoms with E-state index in [4.69, 9.17) is 4.98 Å². The van der Waals surface area contributed by atoms with Gasteiger partial charge in [0, 0.05) is 55.5 Å². The van der Waals surface area contributed by atoms with Gasteiger partial charge in [-0.25, -0.2) is 4.98 Å². The summed E-state index contributed by atoms with van der Waals surface area (Å²) in [7, 11) is 0. The van der Waals surface area contributed by atoms with Crippen molar-refractivity contribution in [1.82, 2.24) is 9.55 Å². The van der Waals surface area contributed by atoms with Crippen LogP contribution in [-0.4, -0.2) is 9.55 Å². The molecule has 0 unspecified atom stereocenters. The van der Waals surface area contributed by atoms with Gasteiger partial charge in [0.2, 0.25) is 0 Å². The van der Waals surface area contributed by atoms with Crippen LogP contribution < -0.4 is 14.7 Å². The number of pyridine rings is 1. The van der Waals surface area contributed by atoms with E-state index in [-0.39, 0.29) is 31.9 Å². The first-order valence-electron chi connectivity index (χ1n) is 19.4. The Morgan fingerprint density at radius 1 is 0.596 bits per heavy atom. The summed E-state index contributed by atoms with van der Waals surface area (Å²) in [6.45, 7) is 17.9. The minimum Gasteiger partial charge on any atom is -0.493 e. The van der Waals surface area contributed by atoms with Gasteiger partial charge in [0.15, 0.2) is 0 Å². The number of fused-ring (bicyclic) bond motifs is 4. The summed E-state index contributed by atoms with van der Waals surface area (Å²) in [5.41, 5.74) is 13.1. The third-order valence-corrected chi connectivity index (χ3v) is 10.8. The maximum Gasteiger partial charge on any atom is 0.135 e. The molecule has 6 aromatic carbocycles. The van der Waals surface area contributed by atoms with E-state index in [0.29, 0.717) is 0 Å². The molecule has 0 amide bonds. The predicted molar refractivity (Wildman–Crippen MR) is 235 cm³/mol. The smallest absolute Gasteiger partial charge is 0.135 e. The van der Waals surface area contributed by atoms with Crippen LogP contribution in [0.3, 0.4) is 0 Å². The normalized spacial score (nSPS) is 12.9. The fourth-order valence-electron chi connectivity index (χ4n) is 7.80. The van der Waals surface area contributed by atoms with E-state index in [0.717, 1.165) is 62.0 Å². The summed E-state index contributed by atoms with van der Waals surface area (Å²) in [4.78, 5) is 11.7. The standard InChI is InChI=1S/C51H46N5.Pt/c1-35-28-37(51(5,6)7)30-42(29-35)54-34-53(46-22-13-14-23-47(46)54)39-18-15-19-40(32-39)55(38-16-9-8-10-17-38)41-24-25-44-43-20-11-12-21-45(43)56(48(44)33-41)49-31-36(26-27-52-49)50(2,3)4;/h8-31,34H,1-7H3;/q-3;. The third kappa shape index (κ3) is 7.04. The number of benzene rings is 6. The van der Waals surface area contributed by atoms with Gasteiger partial charge in [-0.05, 0) is 94.4 Å². The SMILES string of the molecule is Cc1cc(N2[CH-]N(c3[c-]c(N(c4[c-]c5c(cc4)c4ccccc4n5-c4cc(C(C)(C)C)ccn4)c4ccccc4)ccc3)c3ccccc32)cc(C(C)(C)C)c1.[Pt]. The first kappa shape index (κ1) is 38.2. The maximum atomic E-state index is 4.92. The molecule has 0 fully saturated rings. The minimum atomic E-state index is -0.0179. The summed E-state index contributed by atoms with van der Waals surface area (Å²) in [6.07, 6.45) is 1.92. The van der Waals surface area contributed by atoms with Crippen molar-refractivity contribution in [2.75, 3.05) is 14.7 Å². The van der Waals surface area contributed by atoms with Crippen molar-refractivity contribution in [1.29, 1.82) is 0 Å². The average molecular weight is 924 g/mol. The molecule has 0 bridgehead atoms. The van der Waals surface area contributed by atoms with Crippen molar-refractivity contribution >= 4 is 61.6 Å². The Morgan fingerprint density at radius 2 is 1.28 bits per heavy atom. The molecule has 5 nitrogen and oxygen atoms in total. The van der Waals surface area contributed by atoms with E-state index in [1.54, 1.807) is 0 Å². The quantitative estimate of drug-likeness (QED) is 0.155. The fourth-order valence-corrected chi connectivity index (χ4v) is 7.80. The number of hydrogen-bond acceptors (Lipinski definition) is 4. The van der Waals surface area contributed by atoms with Crippen LogP contribution in [0.2, 0.25) is 0 Å². The second-order valence-corrected chi connectivity index (χ2v) is 16.9. The molecule has 0 N–H and O–H groups in total. The van der Waals surface area contributed by atoms with E-state index < -0.39 is 0 Å². The second-order valence-electron chi connectivity index (χ2n) is 16.9. The topological polar surface area (TPSA) is 27.5 Å². The first-order chi connectivity index (χ1) is 26.9. The third-order valence-electron chi connectivity index (χ3n) is 10.8. The monoisotopic (exact) mass is 923 g/mol. The van der Waals surface area contributed by atoms with E-state index in [1.807, 2.05) is 6.20 Å². The van der Waals surface area contributed by atoms with Crippen molar-refractivity contribution in [2.45, 2.75) is 59.3 Å². The van der Waals surface area contributed by atoms with Gasteiger partial charge in [-0.15, -0.1) is 48.1 Å². The Morgan fingerprint density at radius 3 is 2.04 bits per heavy atom. The summed E-state index contributed by atoms with van der Waals surface area (Å²) in [5.74, 6) is 0.882. The Labute approximate surface area is 351 Å². The Hall–Kier alpha value is -5.64. The van der Waals surface area contributed by atoms with Crippen molar-refractivity contribution in [3.05, 3.63) is 181 Å². The summed E-state index contributed by atoms with van der Waals surface area (Å²) >= 11 is 0. The molecular formula is C51H46N5Pt-3. The van der Waals surface area contributed by atoms with Crippen LogP contribution in [0.15, 0.2) is 146 Å². The minimum absolute atomic E-state index is 0. The van der Waals surface area contributed by atoms with Crippen LogP contribution in [0.1, 0.15) is 58.2 Å². The Bertz CT molecular complexity index is 2740. The molecule has 2 aromatic heterocycles. The molecular weight excluding hydrogens is 878 g/mol. The number of rotatable bonds is 6. The van der Waals surface area contributed by atoms with Gasteiger partial charge in [0.05, 0.1) is 0 Å². The van der Waals surface area contributed by atoms with Crippen molar-refractivity contribution in [2.24, 2.45) is 0 Å². The van der Waals surface area contributed by atoms with Gasteiger partial charge >= 0.3 is 0 Å². The van der Waals surface area contributed by atoms with Crippen LogP contribution in [0, 0.1) is 25.7 Å². The molecule has 0 atom stereocenters. The van der Waals surface area contributed by atoms with E-state index in [9.17, 15) is 0 Å². The molecule has 3 heterocycles. The molecule has 1 aliphatic heterocycles. The molecule has 0 spiro atoms. The predicted octanol–water partition coefficient (Wildman–Crippen LogP) is 13.6. The maximum absolute atomic E-state index is 4.92. The first-order valence-corrected chi connectivity index (χ1v) is 19.4. The summed E-state index contributed by atoms with van der Waals surface area (Å²) in [5, 5.41) is 2.30. The van der Waals surface area contributed by atoms with Crippen molar-refractivity contribution in [3.8, 4) is 5.82 Å². The molecule has 0 saturated carbocycles. The van der Waals surface area contributed by atoms with Gasteiger partial charge < -0.3 is 19.3 Å². The number of para-hydroxylation sites is 4. The van der Waals surface area contributed by atoms with Gasteiger partial charge in [0.25, 0.3) is 0 Å². The van der Waals surface area contributed by atoms with E-state index in [2.05, 4.69) is 226 Å². The van der Waals surface area contributed by atoms with Crippen LogP contribution in [0.25, 0.3) is 27.6 Å². The number of anilines is 7. The number of aromatic nitrogens is 2. The molecule has 6 heteroatoms. The van der Waals surface area contributed by atoms with Crippen LogP contribution in [0.4, 0.5) is 39.8 Å². The fraction of sp³-hybridized carbons (Fsp3) is 0.176. The molecule has 0 aliphatic carbocycles. The number of hydrogen-bond donors (Lipinski definition) is 0.